The van der Waals surface area contributed by atoms with Gasteiger partial charge in [0, 0.05) is 18.9 Å². The Morgan fingerprint density at radius 2 is 2.00 bits per heavy atom. The van der Waals surface area contributed by atoms with Crippen LogP contribution in [0.1, 0.15) is 69.8 Å². The van der Waals surface area contributed by atoms with Gasteiger partial charge in [-0.15, -0.1) is 0 Å². The third-order valence-electron chi connectivity index (χ3n) is 6.68. The molecule has 6 nitrogen and oxygen atoms in total. The minimum atomic E-state index is -0.292. The number of hydrogen-bond acceptors (Lipinski definition) is 5. The molecule has 1 aromatic rings. The number of benzene rings is 1. The summed E-state index contributed by atoms with van der Waals surface area (Å²) in [4.78, 5) is 22.8. The number of rotatable bonds is 12. The van der Waals surface area contributed by atoms with Crippen molar-refractivity contribution in [2.24, 2.45) is 11.8 Å². The second-order valence-electron chi connectivity index (χ2n) is 9.05. The van der Waals surface area contributed by atoms with Crippen molar-refractivity contribution in [3.8, 4) is 5.75 Å². The van der Waals surface area contributed by atoms with Crippen LogP contribution < -0.4 is 20.9 Å². The Morgan fingerprint density at radius 3 is 2.67 bits per heavy atom. The Kier molecular flexibility index (Phi) is 6.68. The Bertz CT molecular complexity index is 777. The van der Waals surface area contributed by atoms with Gasteiger partial charge in [0.1, 0.15) is 0 Å². The number of imide groups is 1. The lowest BCUT2D eigenvalue weighted by atomic mass is 9.86. The third-order valence-corrected chi connectivity index (χ3v) is 6.68. The molecular formula is C23H32FN3O3. The molecule has 3 N–H and O–H groups in total. The van der Waals surface area contributed by atoms with Crippen molar-refractivity contribution in [1.82, 2.24) is 16.2 Å². The Hall–Kier alpha value is -1.99. The molecule has 30 heavy (non-hydrogen) atoms. The van der Waals surface area contributed by atoms with E-state index in [1.54, 1.807) is 0 Å². The molecule has 1 heterocycles. The summed E-state index contributed by atoms with van der Waals surface area (Å²) in [5, 5.41) is 2.36. The minimum Gasteiger partial charge on any atom is -0.490 e. The molecule has 0 spiro atoms. The highest BCUT2D eigenvalue weighted by Gasteiger charge is 2.44. The fourth-order valence-corrected chi connectivity index (χ4v) is 4.24. The lowest BCUT2D eigenvalue weighted by Crippen LogP contribution is -2.41. The maximum atomic E-state index is 14.1. The molecule has 3 fully saturated rings. The van der Waals surface area contributed by atoms with E-state index in [1.807, 2.05) is 12.1 Å². The van der Waals surface area contributed by atoms with Crippen LogP contribution in [0.25, 0.3) is 0 Å². The van der Waals surface area contributed by atoms with E-state index in [-0.39, 0.29) is 29.1 Å². The van der Waals surface area contributed by atoms with Crippen molar-refractivity contribution in [2.45, 2.75) is 69.7 Å². The summed E-state index contributed by atoms with van der Waals surface area (Å²) in [7, 11) is 0. The van der Waals surface area contributed by atoms with E-state index >= 15 is 0 Å². The first-order valence-corrected chi connectivity index (χ1v) is 11.3. The van der Waals surface area contributed by atoms with E-state index in [9.17, 15) is 14.0 Å². The summed E-state index contributed by atoms with van der Waals surface area (Å²) in [5.74, 6) is 0.235. The van der Waals surface area contributed by atoms with Gasteiger partial charge in [-0.3, -0.25) is 20.3 Å². The fourth-order valence-electron chi connectivity index (χ4n) is 4.24. The van der Waals surface area contributed by atoms with Crippen LogP contribution in [0.2, 0.25) is 0 Å². The number of carbonyl (C=O) groups excluding carboxylic acids is 2. The molecule has 164 valence electrons. The molecule has 0 radical (unpaired) electrons. The molecule has 4 rings (SSSR count). The molecule has 2 amide bonds. The number of carbonyl (C=O) groups is 2. The van der Waals surface area contributed by atoms with Crippen molar-refractivity contribution in [2.75, 3.05) is 13.2 Å². The van der Waals surface area contributed by atoms with E-state index in [0.29, 0.717) is 24.7 Å². The van der Waals surface area contributed by atoms with Crippen LogP contribution in [0.15, 0.2) is 18.2 Å². The summed E-state index contributed by atoms with van der Waals surface area (Å²) in [5.41, 5.74) is 7.68. The number of hydrogen-bond donors (Lipinski definition) is 3. The molecule has 3 aliphatic rings. The topological polar surface area (TPSA) is 79.5 Å². The van der Waals surface area contributed by atoms with Gasteiger partial charge in [0.25, 0.3) is 0 Å². The number of nitrogens with one attached hydrogen (secondary N) is 3. The van der Waals surface area contributed by atoms with Gasteiger partial charge in [0.2, 0.25) is 11.8 Å². The average molecular weight is 418 g/mol. The molecule has 0 aromatic heterocycles. The van der Waals surface area contributed by atoms with Gasteiger partial charge in [-0.05, 0) is 62.1 Å². The van der Waals surface area contributed by atoms with E-state index < -0.39 is 0 Å². The molecule has 1 aliphatic heterocycles. The molecular weight excluding hydrogens is 385 g/mol. The highest BCUT2D eigenvalue weighted by molar-refractivity contribution is 6.03. The van der Waals surface area contributed by atoms with Crippen LogP contribution in [-0.2, 0) is 15.1 Å². The monoisotopic (exact) mass is 417 g/mol. The summed E-state index contributed by atoms with van der Waals surface area (Å²) in [6.45, 7) is 1.43. The number of hydrazine groups is 1. The van der Waals surface area contributed by atoms with Gasteiger partial charge in [0.05, 0.1) is 12.1 Å². The molecule has 7 heteroatoms. The number of ether oxygens (including phenoxy) is 1. The molecule has 1 atom stereocenters. The first-order valence-electron chi connectivity index (χ1n) is 11.3. The van der Waals surface area contributed by atoms with E-state index in [2.05, 4.69) is 16.2 Å². The average Bonchev–Trinajstić information content (AvgIpc) is 3.40. The highest BCUT2D eigenvalue weighted by atomic mass is 19.1. The first-order chi connectivity index (χ1) is 14.6. The van der Waals surface area contributed by atoms with Gasteiger partial charge in [-0.2, -0.15) is 0 Å². The fraction of sp³-hybridized carbons (Fsp3) is 0.652. The van der Waals surface area contributed by atoms with Gasteiger partial charge < -0.3 is 4.74 Å². The van der Waals surface area contributed by atoms with Crippen molar-refractivity contribution in [1.29, 1.82) is 0 Å². The SMILES string of the molecule is O=C1CC(CCCCCNNC2(c3ccc(F)c(OCC4CCC4)c3)CC2)C(=O)N1. The second kappa shape index (κ2) is 9.43. The number of unbranched alkanes of at least 4 members (excludes halogenated alkanes) is 2. The first kappa shape index (κ1) is 21.2. The molecule has 1 aromatic carbocycles. The van der Waals surface area contributed by atoms with E-state index in [0.717, 1.165) is 50.6 Å². The molecule has 2 saturated carbocycles. The van der Waals surface area contributed by atoms with Crippen molar-refractivity contribution in [3.05, 3.63) is 29.6 Å². The van der Waals surface area contributed by atoms with Crippen LogP contribution in [0, 0.1) is 17.7 Å². The maximum absolute atomic E-state index is 14.1. The predicted molar refractivity (Wildman–Crippen MR) is 111 cm³/mol. The summed E-state index contributed by atoms with van der Waals surface area (Å²) in [6, 6.07) is 5.21. The second-order valence-corrected chi connectivity index (χ2v) is 9.05. The largest absolute Gasteiger partial charge is 0.490 e. The third kappa shape index (κ3) is 5.19. The predicted octanol–water partition coefficient (Wildman–Crippen LogP) is 3.31. The van der Waals surface area contributed by atoms with Crippen molar-refractivity contribution >= 4 is 11.8 Å². The molecule has 1 unspecified atom stereocenters. The molecule has 2 aliphatic carbocycles. The summed E-state index contributed by atoms with van der Waals surface area (Å²) >= 11 is 0. The van der Waals surface area contributed by atoms with Crippen LogP contribution in [0.4, 0.5) is 4.39 Å². The van der Waals surface area contributed by atoms with E-state index in [4.69, 9.17) is 4.74 Å². The van der Waals surface area contributed by atoms with Crippen LogP contribution in [0.5, 0.6) is 5.75 Å². The zero-order chi connectivity index (χ0) is 21.0. The van der Waals surface area contributed by atoms with Crippen LogP contribution >= 0.6 is 0 Å². The number of halogens is 1. The molecule has 0 bridgehead atoms. The zero-order valence-corrected chi connectivity index (χ0v) is 17.5. The van der Waals surface area contributed by atoms with Crippen molar-refractivity contribution < 1.29 is 18.7 Å². The van der Waals surface area contributed by atoms with E-state index in [1.165, 1.54) is 25.3 Å². The smallest absolute Gasteiger partial charge is 0.230 e. The van der Waals surface area contributed by atoms with Crippen LogP contribution in [-0.4, -0.2) is 25.0 Å². The van der Waals surface area contributed by atoms with Gasteiger partial charge in [0.15, 0.2) is 11.6 Å². The Morgan fingerprint density at radius 1 is 1.17 bits per heavy atom. The minimum absolute atomic E-state index is 0.120. The maximum Gasteiger partial charge on any atom is 0.230 e. The van der Waals surface area contributed by atoms with Gasteiger partial charge >= 0.3 is 0 Å². The quantitative estimate of drug-likeness (QED) is 0.276. The zero-order valence-electron chi connectivity index (χ0n) is 17.5. The van der Waals surface area contributed by atoms with Gasteiger partial charge in [-0.25, -0.2) is 9.82 Å². The lowest BCUT2D eigenvalue weighted by molar-refractivity contribution is -0.125. The standard InChI is InChI=1S/C23H32FN3O3/c24-19-9-8-18(14-20(19)30-15-16-5-4-6-16)23(10-11-23)27-25-12-3-1-2-7-17-13-21(28)26-22(17)29/h8-9,14,16-17,25,27H,1-7,10-13,15H2,(H,26,28,29). The molecule has 1 saturated heterocycles. The van der Waals surface area contributed by atoms with Crippen LogP contribution in [0.3, 0.4) is 0 Å². The summed E-state index contributed by atoms with van der Waals surface area (Å²) in [6.07, 6.45) is 9.70. The Labute approximate surface area is 177 Å². The lowest BCUT2D eigenvalue weighted by Gasteiger charge is -2.25. The summed E-state index contributed by atoms with van der Waals surface area (Å²) < 4.78 is 19.9. The van der Waals surface area contributed by atoms with Gasteiger partial charge in [-0.1, -0.05) is 25.3 Å². The number of amides is 2. The Balaban J connectivity index is 1.16. The normalized spacial score (nSPS) is 22.6. The highest BCUT2D eigenvalue weighted by Crippen LogP contribution is 2.46. The van der Waals surface area contributed by atoms with Crippen molar-refractivity contribution in [3.63, 3.8) is 0 Å².